The Morgan fingerprint density at radius 1 is 1.12 bits per heavy atom. The third-order valence-corrected chi connectivity index (χ3v) is 7.07. The van der Waals surface area contributed by atoms with Gasteiger partial charge in [0.25, 0.3) is 5.91 Å². The van der Waals surface area contributed by atoms with Crippen molar-refractivity contribution >= 4 is 33.3 Å². The molecule has 0 bridgehead atoms. The molecule has 174 valence electrons. The molecule has 0 unspecified atom stereocenters. The molecule has 0 saturated carbocycles. The van der Waals surface area contributed by atoms with Gasteiger partial charge >= 0.3 is 0 Å². The van der Waals surface area contributed by atoms with Crippen LogP contribution in [0.25, 0.3) is 11.0 Å². The molecule has 1 aliphatic rings. The van der Waals surface area contributed by atoms with Crippen molar-refractivity contribution in [2.75, 3.05) is 11.5 Å². The predicted molar refractivity (Wildman–Crippen MR) is 132 cm³/mol. The Balaban J connectivity index is 1.69. The van der Waals surface area contributed by atoms with E-state index in [2.05, 4.69) is 17.1 Å². The van der Waals surface area contributed by atoms with Crippen LogP contribution >= 0.6 is 11.3 Å². The van der Waals surface area contributed by atoms with E-state index in [1.54, 1.807) is 24.3 Å². The summed E-state index contributed by atoms with van der Waals surface area (Å²) in [4.78, 5) is 28.8. The fourth-order valence-electron chi connectivity index (χ4n) is 4.10. The summed E-state index contributed by atoms with van der Waals surface area (Å²) in [6, 6.07) is 13.8. The number of fused-ring (bicyclic) bond motifs is 2. The van der Waals surface area contributed by atoms with Gasteiger partial charge in [0.05, 0.1) is 23.6 Å². The number of rotatable bonds is 7. The molecule has 2 aromatic carbocycles. The normalized spacial score (nSPS) is 15.4. The molecule has 0 aliphatic carbocycles. The molecule has 3 heterocycles. The summed E-state index contributed by atoms with van der Waals surface area (Å²) < 4.78 is 11.9. The van der Waals surface area contributed by atoms with Crippen molar-refractivity contribution in [2.24, 2.45) is 0 Å². The Bertz CT molecular complexity index is 1430. The maximum absolute atomic E-state index is 13.7. The van der Waals surface area contributed by atoms with Gasteiger partial charge in [-0.15, -0.1) is 10.2 Å². The van der Waals surface area contributed by atoms with Crippen LogP contribution in [-0.4, -0.2) is 22.7 Å². The number of unbranched alkanes of at least 4 members (excludes halogenated alkanes) is 1. The van der Waals surface area contributed by atoms with E-state index in [-0.39, 0.29) is 17.1 Å². The second-order valence-corrected chi connectivity index (χ2v) is 9.59. The molecular weight excluding hydrogens is 450 g/mol. The van der Waals surface area contributed by atoms with Crippen LogP contribution in [-0.2, 0) is 0 Å². The van der Waals surface area contributed by atoms with E-state index in [4.69, 9.17) is 9.15 Å². The number of nitrogens with zero attached hydrogens (tertiary/aromatic N) is 3. The summed E-state index contributed by atoms with van der Waals surface area (Å²) in [5, 5.41) is 10.3. The number of para-hydroxylation sites is 1. The van der Waals surface area contributed by atoms with Crippen LogP contribution in [0.4, 0.5) is 5.13 Å². The highest BCUT2D eigenvalue weighted by molar-refractivity contribution is 7.15. The predicted octanol–water partition coefficient (Wildman–Crippen LogP) is 5.70. The monoisotopic (exact) mass is 475 g/mol. The third kappa shape index (κ3) is 3.77. The van der Waals surface area contributed by atoms with Crippen LogP contribution < -0.4 is 15.1 Å². The number of anilines is 1. The lowest BCUT2D eigenvalue weighted by molar-refractivity contribution is 0.0970. The maximum atomic E-state index is 13.7. The van der Waals surface area contributed by atoms with Gasteiger partial charge in [-0.05, 0) is 36.2 Å². The lowest BCUT2D eigenvalue weighted by Gasteiger charge is -2.22. The van der Waals surface area contributed by atoms with Gasteiger partial charge in [0.2, 0.25) is 10.9 Å². The summed E-state index contributed by atoms with van der Waals surface area (Å²) in [7, 11) is 0. The largest absolute Gasteiger partial charge is 0.494 e. The standard InChI is InChI=1S/C26H25N3O4S/c1-4-5-13-32-17-10-8-9-16(14-17)21-20-22(30)18-11-6-7-12-19(18)33-23(20)25(31)29(21)26-28-27-24(34-26)15(2)3/h6-12,14-15,21H,4-5,13H2,1-3H3/t21-/m1/s1. The molecular formula is C26H25N3O4S. The van der Waals surface area contributed by atoms with Gasteiger partial charge in [0.1, 0.15) is 16.3 Å². The van der Waals surface area contributed by atoms with E-state index in [1.807, 2.05) is 38.1 Å². The molecule has 1 aliphatic heterocycles. The average Bonchev–Trinajstić information content (AvgIpc) is 3.43. The number of carbonyl (C=O) groups excluding carboxylic acids is 1. The van der Waals surface area contributed by atoms with Crippen molar-refractivity contribution in [1.29, 1.82) is 0 Å². The SMILES string of the molecule is CCCCOc1cccc([C@@H]2c3c(oc4ccccc4c3=O)C(=O)N2c2nnc(C(C)C)s2)c1. The molecule has 4 aromatic rings. The molecule has 7 nitrogen and oxygen atoms in total. The third-order valence-electron chi connectivity index (χ3n) is 5.85. The molecule has 5 rings (SSSR count). The van der Waals surface area contributed by atoms with Crippen LogP contribution in [0.5, 0.6) is 5.75 Å². The van der Waals surface area contributed by atoms with E-state index >= 15 is 0 Å². The van der Waals surface area contributed by atoms with Crippen molar-refractivity contribution in [3.63, 3.8) is 0 Å². The molecule has 0 radical (unpaired) electrons. The minimum absolute atomic E-state index is 0.0484. The van der Waals surface area contributed by atoms with Crippen LogP contribution in [0.2, 0.25) is 0 Å². The number of carbonyl (C=O) groups is 1. The molecule has 1 atom stereocenters. The first-order valence-electron chi connectivity index (χ1n) is 11.4. The van der Waals surface area contributed by atoms with Crippen molar-refractivity contribution in [3.05, 3.63) is 80.6 Å². The number of hydrogen-bond donors (Lipinski definition) is 0. The molecule has 0 fully saturated rings. The van der Waals surface area contributed by atoms with Gasteiger partial charge in [-0.1, -0.05) is 62.8 Å². The quantitative estimate of drug-likeness (QED) is 0.319. The zero-order valence-electron chi connectivity index (χ0n) is 19.3. The molecule has 0 N–H and O–H groups in total. The summed E-state index contributed by atoms with van der Waals surface area (Å²) in [6.07, 6.45) is 1.97. The first-order valence-corrected chi connectivity index (χ1v) is 12.3. The highest BCUT2D eigenvalue weighted by Crippen LogP contribution is 2.43. The van der Waals surface area contributed by atoms with Crippen LogP contribution in [0.1, 0.15) is 72.3 Å². The fourth-order valence-corrected chi connectivity index (χ4v) is 4.97. The number of benzene rings is 2. The average molecular weight is 476 g/mol. The molecule has 2 aromatic heterocycles. The topological polar surface area (TPSA) is 85.5 Å². The molecule has 0 spiro atoms. The second kappa shape index (κ2) is 9.02. The smallest absolute Gasteiger partial charge is 0.297 e. The van der Waals surface area contributed by atoms with E-state index in [1.165, 1.54) is 16.2 Å². The van der Waals surface area contributed by atoms with Crippen molar-refractivity contribution < 1.29 is 13.9 Å². The van der Waals surface area contributed by atoms with Gasteiger partial charge in [0.15, 0.2) is 5.43 Å². The Labute approximate surface area is 201 Å². The molecule has 34 heavy (non-hydrogen) atoms. The summed E-state index contributed by atoms with van der Waals surface area (Å²) in [5.41, 5.74) is 1.24. The Morgan fingerprint density at radius 2 is 1.94 bits per heavy atom. The first kappa shape index (κ1) is 22.3. The van der Waals surface area contributed by atoms with E-state index < -0.39 is 11.9 Å². The zero-order valence-corrected chi connectivity index (χ0v) is 20.1. The highest BCUT2D eigenvalue weighted by atomic mass is 32.1. The summed E-state index contributed by atoms with van der Waals surface area (Å²) in [5.74, 6) is 0.512. The van der Waals surface area contributed by atoms with Gasteiger partial charge in [-0.25, -0.2) is 0 Å². The Hall–Kier alpha value is -3.52. The summed E-state index contributed by atoms with van der Waals surface area (Å²) in [6.45, 7) is 6.76. The molecule has 8 heteroatoms. The fraction of sp³-hybridized carbons (Fsp3) is 0.308. The molecule has 1 amide bonds. The number of ether oxygens (including phenoxy) is 1. The van der Waals surface area contributed by atoms with Gasteiger partial charge in [0, 0.05) is 5.92 Å². The molecule has 0 saturated heterocycles. The number of aromatic nitrogens is 2. The van der Waals surface area contributed by atoms with Gasteiger partial charge in [-0.2, -0.15) is 0 Å². The van der Waals surface area contributed by atoms with E-state index in [0.29, 0.717) is 34.0 Å². The maximum Gasteiger partial charge on any atom is 0.297 e. The van der Waals surface area contributed by atoms with Crippen molar-refractivity contribution in [3.8, 4) is 5.75 Å². The number of amides is 1. The highest BCUT2D eigenvalue weighted by Gasteiger charge is 2.45. The number of hydrogen-bond acceptors (Lipinski definition) is 7. The minimum Gasteiger partial charge on any atom is -0.494 e. The van der Waals surface area contributed by atoms with Crippen LogP contribution in [0.15, 0.2) is 57.7 Å². The van der Waals surface area contributed by atoms with E-state index in [0.717, 1.165) is 23.4 Å². The Morgan fingerprint density at radius 3 is 2.71 bits per heavy atom. The minimum atomic E-state index is -0.689. The van der Waals surface area contributed by atoms with Crippen LogP contribution in [0, 0.1) is 0 Å². The van der Waals surface area contributed by atoms with Crippen molar-refractivity contribution in [1.82, 2.24) is 10.2 Å². The zero-order chi connectivity index (χ0) is 23.8. The van der Waals surface area contributed by atoms with Crippen LogP contribution in [0.3, 0.4) is 0 Å². The lowest BCUT2D eigenvalue weighted by atomic mass is 9.98. The van der Waals surface area contributed by atoms with Gasteiger partial charge < -0.3 is 9.15 Å². The second-order valence-electron chi connectivity index (χ2n) is 8.60. The first-order chi connectivity index (χ1) is 16.5. The van der Waals surface area contributed by atoms with E-state index in [9.17, 15) is 9.59 Å². The Kier molecular flexibility index (Phi) is 5.91. The van der Waals surface area contributed by atoms with Gasteiger partial charge in [-0.3, -0.25) is 14.5 Å². The lowest BCUT2D eigenvalue weighted by Crippen LogP contribution is -2.29. The van der Waals surface area contributed by atoms with Crippen molar-refractivity contribution in [2.45, 2.75) is 45.6 Å². The summed E-state index contributed by atoms with van der Waals surface area (Å²) >= 11 is 1.35.